The molecule has 1 unspecified atom stereocenters. The molecule has 2 nitrogen and oxygen atoms in total. The zero-order valence-electron chi connectivity index (χ0n) is 11.9. The van der Waals surface area contributed by atoms with Crippen molar-refractivity contribution in [2.24, 2.45) is 0 Å². The summed E-state index contributed by atoms with van der Waals surface area (Å²) >= 11 is 6.40. The van der Waals surface area contributed by atoms with E-state index in [0.29, 0.717) is 0 Å². The number of hydrogen-bond acceptors (Lipinski definition) is 1. The second-order valence-electron chi connectivity index (χ2n) is 6.04. The van der Waals surface area contributed by atoms with Crippen LogP contribution >= 0.6 is 11.6 Å². The van der Waals surface area contributed by atoms with Crippen LogP contribution in [0.5, 0.6) is 0 Å². The molecule has 2 aliphatic rings. The fourth-order valence-corrected chi connectivity index (χ4v) is 3.23. The van der Waals surface area contributed by atoms with Crippen molar-refractivity contribution in [3.63, 3.8) is 0 Å². The fourth-order valence-electron chi connectivity index (χ4n) is 2.95. The van der Waals surface area contributed by atoms with Gasteiger partial charge < -0.3 is 4.90 Å². The second-order valence-corrected chi connectivity index (χ2v) is 6.48. The third kappa shape index (κ3) is 3.17. The van der Waals surface area contributed by atoms with Gasteiger partial charge >= 0.3 is 0 Å². The number of hydrogen-bond donors (Lipinski definition) is 0. The third-order valence-electron chi connectivity index (χ3n) is 4.41. The summed E-state index contributed by atoms with van der Waals surface area (Å²) in [6.07, 6.45) is 7.28. The van der Waals surface area contributed by atoms with Crippen LogP contribution in [-0.2, 0) is 4.79 Å². The van der Waals surface area contributed by atoms with Crippen LogP contribution in [0.1, 0.15) is 60.9 Å². The van der Waals surface area contributed by atoms with Crippen molar-refractivity contribution in [1.29, 1.82) is 0 Å². The van der Waals surface area contributed by atoms with Crippen molar-refractivity contribution in [2.75, 3.05) is 13.1 Å². The highest BCUT2D eigenvalue weighted by atomic mass is 35.5. The lowest BCUT2D eigenvalue weighted by molar-refractivity contribution is -0.130. The summed E-state index contributed by atoms with van der Waals surface area (Å²) in [7, 11) is 0. The summed E-state index contributed by atoms with van der Waals surface area (Å²) in [6.45, 7) is 1.73. The number of rotatable bonds is 3. The number of amides is 1. The Bertz CT molecular complexity index is 458. The number of nitrogens with zero attached hydrogens (tertiary/aromatic N) is 1. The van der Waals surface area contributed by atoms with E-state index in [4.69, 9.17) is 11.6 Å². The van der Waals surface area contributed by atoms with Gasteiger partial charge in [0.1, 0.15) is 5.38 Å². The van der Waals surface area contributed by atoms with Crippen molar-refractivity contribution in [3.8, 4) is 0 Å². The number of halogens is 1. The lowest BCUT2D eigenvalue weighted by Crippen LogP contribution is -2.34. The molecule has 1 aliphatic heterocycles. The molecular weight excluding hydrogens is 270 g/mol. The molecule has 0 aromatic heterocycles. The zero-order chi connectivity index (χ0) is 13.9. The minimum absolute atomic E-state index is 0.0766. The summed E-state index contributed by atoms with van der Waals surface area (Å²) in [5, 5.41) is -0.527. The fraction of sp³-hybridized carbons (Fsp3) is 0.588. The van der Waals surface area contributed by atoms with Gasteiger partial charge in [-0.05, 0) is 42.7 Å². The number of carbonyl (C=O) groups excluding carboxylic acids is 1. The Balaban J connectivity index is 1.66. The third-order valence-corrected chi connectivity index (χ3v) is 4.85. The quantitative estimate of drug-likeness (QED) is 0.763. The molecule has 20 heavy (non-hydrogen) atoms. The van der Waals surface area contributed by atoms with Crippen LogP contribution in [0.3, 0.4) is 0 Å². The topological polar surface area (TPSA) is 20.3 Å². The van der Waals surface area contributed by atoms with Gasteiger partial charge in [-0.1, -0.05) is 37.1 Å². The van der Waals surface area contributed by atoms with E-state index in [1.807, 2.05) is 17.0 Å². The van der Waals surface area contributed by atoms with E-state index in [0.717, 1.165) is 37.4 Å². The standard InChI is InChI=1S/C17H22ClNO/c18-16(17(20)19-11-3-1-2-4-12-19)15-9-7-14(8-10-15)13-5-6-13/h7-10,13,16H,1-6,11-12H2. The zero-order valence-corrected chi connectivity index (χ0v) is 12.6. The molecule has 1 aliphatic carbocycles. The van der Waals surface area contributed by atoms with Crippen LogP contribution in [0.15, 0.2) is 24.3 Å². The molecule has 1 amide bonds. The average Bonchev–Trinajstić information content (AvgIpc) is 3.32. The van der Waals surface area contributed by atoms with Crippen LogP contribution in [0.25, 0.3) is 0 Å². The molecule has 3 rings (SSSR count). The molecule has 1 saturated carbocycles. The van der Waals surface area contributed by atoms with Gasteiger partial charge in [0, 0.05) is 13.1 Å². The molecule has 1 saturated heterocycles. The molecule has 0 bridgehead atoms. The largest absolute Gasteiger partial charge is 0.341 e. The van der Waals surface area contributed by atoms with Gasteiger partial charge in [0.2, 0.25) is 5.91 Å². The summed E-state index contributed by atoms with van der Waals surface area (Å²) in [4.78, 5) is 14.4. The Labute approximate surface area is 126 Å². The Kier molecular flexibility index (Phi) is 4.30. The normalized spacial score (nSPS) is 21.4. The molecule has 1 heterocycles. The monoisotopic (exact) mass is 291 g/mol. The highest BCUT2D eigenvalue weighted by Gasteiger charge is 2.26. The highest BCUT2D eigenvalue weighted by Crippen LogP contribution is 2.40. The second kappa shape index (κ2) is 6.17. The molecule has 0 N–H and O–H groups in total. The molecule has 1 aromatic carbocycles. The number of likely N-dealkylation sites (tertiary alicyclic amines) is 1. The lowest BCUT2D eigenvalue weighted by atomic mass is 10.1. The van der Waals surface area contributed by atoms with Gasteiger partial charge in [0.15, 0.2) is 0 Å². The number of benzene rings is 1. The Morgan fingerprint density at radius 1 is 1.05 bits per heavy atom. The van der Waals surface area contributed by atoms with E-state index in [9.17, 15) is 4.79 Å². The van der Waals surface area contributed by atoms with Gasteiger partial charge in [-0.2, -0.15) is 0 Å². The molecule has 108 valence electrons. The van der Waals surface area contributed by atoms with E-state index in [-0.39, 0.29) is 5.91 Å². The molecule has 0 radical (unpaired) electrons. The van der Waals surface area contributed by atoms with Crippen LogP contribution in [0.2, 0.25) is 0 Å². The molecule has 1 aromatic rings. The SMILES string of the molecule is O=C(C(Cl)c1ccc(C2CC2)cc1)N1CCCCCC1. The first-order chi connectivity index (χ1) is 9.75. The summed E-state index contributed by atoms with van der Waals surface area (Å²) in [5.41, 5.74) is 2.32. The molecule has 3 heteroatoms. The Morgan fingerprint density at radius 2 is 1.65 bits per heavy atom. The first-order valence-electron chi connectivity index (χ1n) is 7.78. The Morgan fingerprint density at radius 3 is 2.20 bits per heavy atom. The van der Waals surface area contributed by atoms with Crippen LogP contribution < -0.4 is 0 Å². The van der Waals surface area contributed by atoms with Gasteiger partial charge in [-0.25, -0.2) is 0 Å². The van der Waals surface area contributed by atoms with E-state index < -0.39 is 5.38 Å². The van der Waals surface area contributed by atoms with Crippen molar-refractivity contribution >= 4 is 17.5 Å². The first kappa shape index (κ1) is 13.9. The first-order valence-corrected chi connectivity index (χ1v) is 8.22. The molecule has 0 spiro atoms. The van der Waals surface area contributed by atoms with Crippen LogP contribution in [-0.4, -0.2) is 23.9 Å². The van der Waals surface area contributed by atoms with Crippen molar-refractivity contribution in [1.82, 2.24) is 4.90 Å². The molecule has 1 atom stereocenters. The van der Waals surface area contributed by atoms with Gasteiger partial charge in [-0.15, -0.1) is 11.6 Å². The molecule has 2 fully saturated rings. The van der Waals surface area contributed by atoms with Crippen molar-refractivity contribution in [2.45, 2.75) is 49.8 Å². The maximum atomic E-state index is 12.5. The van der Waals surface area contributed by atoms with E-state index >= 15 is 0 Å². The summed E-state index contributed by atoms with van der Waals surface area (Å²) in [5.74, 6) is 0.826. The van der Waals surface area contributed by atoms with Crippen LogP contribution in [0, 0.1) is 0 Å². The minimum Gasteiger partial charge on any atom is -0.341 e. The minimum atomic E-state index is -0.527. The van der Waals surface area contributed by atoms with E-state index in [1.54, 1.807) is 0 Å². The molecular formula is C17H22ClNO. The number of alkyl halides is 1. The summed E-state index contributed by atoms with van der Waals surface area (Å²) < 4.78 is 0. The maximum Gasteiger partial charge on any atom is 0.245 e. The van der Waals surface area contributed by atoms with Crippen LogP contribution in [0.4, 0.5) is 0 Å². The van der Waals surface area contributed by atoms with Gasteiger partial charge in [-0.3, -0.25) is 4.79 Å². The van der Waals surface area contributed by atoms with Crippen molar-refractivity contribution in [3.05, 3.63) is 35.4 Å². The van der Waals surface area contributed by atoms with E-state index in [1.165, 1.54) is 31.2 Å². The number of carbonyl (C=O) groups is 1. The maximum absolute atomic E-state index is 12.5. The van der Waals surface area contributed by atoms with Gasteiger partial charge in [0.05, 0.1) is 0 Å². The predicted molar refractivity (Wildman–Crippen MR) is 82.1 cm³/mol. The van der Waals surface area contributed by atoms with Gasteiger partial charge in [0.25, 0.3) is 0 Å². The lowest BCUT2D eigenvalue weighted by Gasteiger charge is -2.23. The average molecular weight is 292 g/mol. The smallest absolute Gasteiger partial charge is 0.245 e. The summed E-state index contributed by atoms with van der Waals surface area (Å²) in [6, 6.07) is 8.33. The Hall–Kier alpha value is -1.02. The van der Waals surface area contributed by atoms with Crippen molar-refractivity contribution < 1.29 is 4.79 Å². The highest BCUT2D eigenvalue weighted by molar-refractivity contribution is 6.30. The van der Waals surface area contributed by atoms with E-state index in [2.05, 4.69) is 12.1 Å². The predicted octanol–water partition coefficient (Wildman–Crippen LogP) is 4.25.